The molecule has 1 aliphatic rings. The van der Waals surface area contributed by atoms with Crippen LogP contribution in [0.15, 0.2) is 18.2 Å². The first kappa shape index (κ1) is 16.1. The largest absolute Gasteiger partial charge is 0.493 e. The third-order valence-electron chi connectivity index (χ3n) is 4.06. The van der Waals surface area contributed by atoms with Gasteiger partial charge >= 0.3 is 0 Å². The molecule has 1 aromatic rings. The maximum Gasteiger partial charge on any atom is 0.160 e. The van der Waals surface area contributed by atoms with Crippen molar-refractivity contribution in [2.45, 2.75) is 19.8 Å². The number of ether oxygens (including phenoxy) is 2. The van der Waals surface area contributed by atoms with Crippen LogP contribution in [0.4, 0.5) is 0 Å². The van der Waals surface area contributed by atoms with E-state index in [1.807, 2.05) is 6.07 Å². The summed E-state index contributed by atoms with van der Waals surface area (Å²) >= 11 is 0. The molecule has 1 N–H and O–H groups in total. The van der Waals surface area contributed by atoms with Crippen LogP contribution in [-0.4, -0.2) is 51.8 Å². The van der Waals surface area contributed by atoms with Crippen LogP contribution < -0.4 is 14.8 Å². The number of rotatable bonds is 5. The summed E-state index contributed by atoms with van der Waals surface area (Å²) in [4.78, 5) is 2.59. The molecular weight excluding hydrogens is 264 g/mol. The summed E-state index contributed by atoms with van der Waals surface area (Å²) < 4.78 is 10.7. The zero-order chi connectivity index (χ0) is 15.1. The zero-order valence-electron chi connectivity index (χ0n) is 13.5. The third kappa shape index (κ3) is 4.90. The fourth-order valence-corrected chi connectivity index (χ4v) is 2.90. The van der Waals surface area contributed by atoms with Gasteiger partial charge in [-0.15, -0.1) is 0 Å². The Morgan fingerprint density at radius 3 is 2.81 bits per heavy atom. The zero-order valence-corrected chi connectivity index (χ0v) is 13.5. The van der Waals surface area contributed by atoms with Crippen molar-refractivity contribution in [2.75, 3.05) is 46.9 Å². The summed E-state index contributed by atoms with van der Waals surface area (Å²) in [6, 6.07) is 6.22. The number of nitrogens with zero attached hydrogens (tertiary/aromatic N) is 1. The monoisotopic (exact) mass is 292 g/mol. The molecule has 21 heavy (non-hydrogen) atoms. The minimum atomic E-state index is 0.718. The van der Waals surface area contributed by atoms with Crippen LogP contribution >= 0.6 is 0 Å². The molecule has 1 fully saturated rings. The second-order valence-corrected chi connectivity index (χ2v) is 5.90. The highest BCUT2D eigenvalue weighted by Crippen LogP contribution is 2.27. The van der Waals surface area contributed by atoms with Gasteiger partial charge in [-0.05, 0) is 56.1 Å². The molecule has 0 bridgehead atoms. The topological polar surface area (TPSA) is 33.7 Å². The Kier molecular flexibility index (Phi) is 6.33. The maximum atomic E-state index is 5.38. The van der Waals surface area contributed by atoms with Crippen molar-refractivity contribution >= 4 is 0 Å². The predicted octanol–water partition coefficient (Wildman–Crippen LogP) is 2.18. The Morgan fingerprint density at radius 2 is 2.05 bits per heavy atom. The lowest BCUT2D eigenvalue weighted by Gasteiger charge is -2.28. The van der Waals surface area contributed by atoms with E-state index in [1.165, 1.54) is 25.1 Å². The first-order valence-corrected chi connectivity index (χ1v) is 7.87. The molecule has 1 heterocycles. The molecule has 0 amide bonds. The molecule has 0 spiro atoms. The SMILES string of the molecule is COc1ccc(CCN2CCCNCC(C)C2)cc1OC. The molecule has 0 saturated carbocycles. The average molecular weight is 292 g/mol. The van der Waals surface area contributed by atoms with Crippen molar-refractivity contribution in [3.63, 3.8) is 0 Å². The van der Waals surface area contributed by atoms with Gasteiger partial charge < -0.3 is 19.7 Å². The molecule has 1 unspecified atom stereocenters. The lowest BCUT2D eigenvalue weighted by molar-refractivity contribution is 0.218. The highest BCUT2D eigenvalue weighted by Gasteiger charge is 2.13. The normalized spacial score (nSPS) is 20.6. The molecule has 1 aromatic carbocycles. The lowest BCUT2D eigenvalue weighted by Crippen LogP contribution is -2.39. The Labute approximate surface area is 128 Å². The summed E-state index contributed by atoms with van der Waals surface area (Å²) in [5.74, 6) is 2.34. The van der Waals surface area contributed by atoms with E-state index >= 15 is 0 Å². The molecule has 1 atom stereocenters. The third-order valence-corrected chi connectivity index (χ3v) is 4.06. The molecule has 4 heteroatoms. The summed E-state index contributed by atoms with van der Waals surface area (Å²) in [6.07, 6.45) is 2.29. The molecule has 0 radical (unpaired) electrons. The van der Waals surface area contributed by atoms with Gasteiger partial charge in [0.1, 0.15) is 0 Å². The molecule has 2 rings (SSSR count). The van der Waals surface area contributed by atoms with E-state index in [9.17, 15) is 0 Å². The Hall–Kier alpha value is -1.26. The van der Waals surface area contributed by atoms with Gasteiger partial charge in [0.15, 0.2) is 11.5 Å². The van der Waals surface area contributed by atoms with Crippen molar-refractivity contribution in [3.8, 4) is 11.5 Å². The Morgan fingerprint density at radius 1 is 1.24 bits per heavy atom. The van der Waals surface area contributed by atoms with Gasteiger partial charge in [-0.25, -0.2) is 0 Å². The highest BCUT2D eigenvalue weighted by atomic mass is 16.5. The van der Waals surface area contributed by atoms with E-state index in [0.717, 1.165) is 43.5 Å². The maximum absolute atomic E-state index is 5.38. The highest BCUT2D eigenvalue weighted by molar-refractivity contribution is 5.42. The summed E-state index contributed by atoms with van der Waals surface area (Å²) in [5, 5.41) is 3.50. The Balaban J connectivity index is 1.92. The van der Waals surface area contributed by atoms with Gasteiger partial charge in [0.05, 0.1) is 14.2 Å². The Bertz CT molecular complexity index is 437. The minimum Gasteiger partial charge on any atom is -0.493 e. The number of methoxy groups -OCH3 is 2. The number of nitrogens with one attached hydrogen (secondary N) is 1. The van der Waals surface area contributed by atoms with Crippen LogP contribution in [0.2, 0.25) is 0 Å². The van der Waals surface area contributed by atoms with Gasteiger partial charge in [0.25, 0.3) is 0 Å². The molecule has 0 aliphatic carbocycles. The van der Waals surface area contributed by atoms with Crippen molar-refractivity contribution < 1.29 is 9.47 Å². The van der Waals surface area contributed by atoms with Crippen LogP contribution in [0.1, 0.15) is 18.9 Å². The molecule has 4 nitrogen and oxygen atoms in total. The number of hydrogen-bond acceptors (Lipinski definition) is 4. The van der Waals surface area contributed by atoms with E-state index < -0.39 is 0 Å². The predicted molar refractivity (Wildman–Crippen MR) is 86.3 cm³/mol. The van der Waals surface area contributed by atoms with Crippen LogP contribution in [-0.2, 0) is 6.42 Å². The van der Waals surface area contributed by atoms with Crippen LogP contribution in [0, 0.1) is 5.92 Å². The molecule has 1 aliphatic heterocycles. The van der Waals surface area contributed by atoms with Crippen molar-refractivity contribution in [1.82, 2.24) is 10.2 Å². The first-order chi connectivity index (χ1) is 10.2. The van der Waals surface area contributed by atoms with E-state index in [2.05, 4.69) is 29.3 Å². The minimum absolute atomic E-state index is 0.718. The fraction of sp³-hybridized carbons (Fsp3) is 0.647. The van der Waals surface area contributed by atoms with E-state index in [0.29, 0.717) is 0 Å². The van der Waals surface area contributed by atoms with Gasteiger partial charge in [-0.3, -0.25) is 0 Å². The van der Waals surface area contributed by atoms with Crippen molar-refractivity contribution in [1.29, 1.82) is 0 Å². The second-order valence-electron chi connectivity index (χ2n) is 5.90. The van der Waals surface area contributed by atoms with Crippen LogP contribution in [0.3, 0.4) is 0 Å². The lowest BCUT2D eigenvalue weighted by atomic mass is 10.1. The molecule has 0 aromatic heterocycles. The second kappa shape index (κ2) is 8.25. The van der Waals surface area contributed by atoms with E-state index in [-0.39, 0.29) is 0 Å². The van der Waals surface area contributed by atoms with E-state index in [1.54, 1.807) is 14.2 Å². The van der Waals surface area contributed by atoms with Crippen LogP contribution in [0.5, 0.6) is 11.5 Å². The molecule has 1 saturated heterocycles. The van der Waals surface area contributed by atoms with Gasteiger partial charge in [0, 0.05) is 13.1 Å². The average Bonchev–Trinajstić information content (AvgIpc) is 2.49. The van der Waals surface area contributed by atoms with Crippen LogP contribution in [0.25, 0.3) is 0 Å². The summed E-state index contributed by atoms with van der Waals surface area (Å²) in [7, 11) is 3.36. The van der Waals surface area contributed by atoms with Crippen molar-refractivity contribution in [2.24, 2.45) is 5.92 Å². The molecule has 118 valence electrons. The number of benzene rings is 1. The standard InChI is InChI=1S/C17H28N2O2/c1-14-12-18-8-4-9-19(13-14)10-7-15-5-6-16(20-2)17(11-15)21-3/h5-6,11,14,18H,4,7-10,12-13H2,1-3H3. The molecular formula is C17H28N2O2. The van der Waals surface area contributed by atoms with E-state index in [4.69, 9.17) is 9.47 Å². The fourth-order valence-electron chi connectivity index (χ4n) is 2.90. The quantitative estimate of drug-likeness (QED) is 0.902. The number of hydrogen-bond donors (Lipinski definition) is 1. The summed E-state index contributed by atoms with van der Waals surface area (Å²) in [6.45, 7) is 8.07. The van der Waals surface area contributed by atoms with Crippen molar-refractivity contribution in [3.05, 3.63) is 23.8 Å². The van der Waals surface area contributed by atoms with Gasteiger partial charge in [0.2, 0.25) is 0 Å². The first-order valence-electron chi connectivity index (χ1n) is 7.87. The smallest absolute Gasteiger partial charge is 0.160 e. The van der Waals surface area contributed by atoms with Gasteiger partial charge in [-0.1, -0.05) is 13.0 Å². The van der Waals surface area contributed by atoms with Gasteiger partial charge in [-0.2, -0.15) is 0 Å². The summed E-state index contributed by atoms with van der Waals surface area (Å²) in [5.41, 5.74) is 1.31.